The summed E-state index contributed by atoms with van der Waals surface area (Å²) >= 11 is 3.18. The molecule has 0 aromatic heterocycles. The average molecular weight is 261 g/mol. The second kappa shape index (κ2) is 5.35. The summed E-state index contributed by atoms with van der Waals surface area (Å²) in [5, 5.41) is 11.9. The van der Waals surface area contributed by atoms with Crippen molar-refractivity contribution in [3.63, 3.8) is 0 Å². The molecule has 3 nitrogen and oxygen atoms in total. The Labute approximate surface area is 94.0 Å². The quantitative estimate of drug-likeness (QED) is 0.789. The van der Waals surface area contributed by atoms with Gasteiger partial charge in [0.15, 0.2) is 0 Å². The third-order valence-corrected chi connectivity index (χ3v) is 2.87. The fourth-order valence-corrected chi connectivity index (χ4v) is 1.31. The van der Waals surface area contributed by atoms with E-state index in [1.54, 1.807) is 6.92 Å². The van der Waals surface area contributed by atoms with E-state index in [2.05, 4.69) is 27.3 Å². The van der Waals surface area contributed by atoms with Crippen LogP contribution in [0.1, 0.15) is 34.1 Å². The summed E-state index contributed by atoms with van der Waals surface area (Å²) in [5.41, 5.74) is -0.737. The van der Waals surface area contributed by atoms with Crippen molar-refractivity contribution in [2.75, 3.05) is 0 Å². The van der Waals surface area contributed by atoms with E-state index in [-0.39, 0.29) is 16.7 Å². The highest BCUT2D eigenvalue weighted by Gasteiger charge is 2.34. The highest BCUT2D eigenvalue weighted by molar-refractivity contribution is 9.10. The maximum Gasteiger partial charge on any atom is 0.234 e. The molecule has 0 rings (SSSR count). The minimum Gasteiger partial charge on any atom is -0.337 e. The highest BCUT2D eigenvalue weighted by Crippen LogP contribution is 2.20. The first-order valence-corrected chi connectivity index (χ1v) is 5.68. The number of nitrogens with one attached hydrogen (secondary N) is 1. The Kier molecular flexibility index (Phi) is 5.14. The van der Waals surface area contributed by atoms with Crippen molar-refractivity contribution in [3.05, 3.63) is 0 Å². The van der Waals surface area contributed by atoms with E-state index in [9.17, 15) is 4.79 Å². The van der Waals surface area contributed by atoms with Crippen LogP contribution >= 0.6 is 15.9 Å². The van der Waals surface area contributed by atoms with Gasteiger partial charge in [-0.05, 0) is 19.3 Å². The predicted molar refractivity (Wildman–Crippen MR) is 60.0 cm³/mol. The van der Waals surface area contributed by atoms with E-state index >= 15 is 0 Å². The van der Waals surface area contributed by atoms with Crippen LogP contribution in [-0.2, 0) is 4.79 Å². The number of halogens is 1. The molecule has 0 radical (unpaired) electrons. The van der Waals surface area contributed by atoms with Crippen LogP contribution in [0.25, 0.3) is 0 Å². The van der Waals surface area contributed by atoms with Gasteiger partial charge in [0.2, 0.25) is 5.91 Å². The minimum absolute atomic E-state index is 0.104. The number of hydrogen-bond donors (Lipinski definition) is 1. The van der Waals surface area contributed by atoms with Gasteiger partial charge in [0.25, 0.3) is 0 Å². The lowest BCUT2D eigenvalue weighted by atomic mass is 9.85. The summed E-state index contributed by atoms with van der Waals surface area (Å²) in [6, 6.07) is 2.20. The molecule has 0 fully saturated rings. The van der Waals surface area contributed by atoms with Gasteiger partial charge in [0.1, 0.15) is 5.54 Å². The van der Waals surface area contributed by atoms with Crippen LogP contribution in [0.5, 0.6) is 0 Å². The van der Waals surface area contributed by atoms with Gasteiger partial charge < -0.3 is 5.32 Å². The zero-order chi connectivity index (χ0) is 11.4. The lowest BCUT2D eigenvalue weighted by Gasteiger charge is -2.31. The van der Waals surface area contributed by atoms with Gasteiger partial charge in [-0.3, -0.25) is 4.79 Å². The van der Waals surface area contributed by atoms with Crippen molar-refractivity contribution in [1.82, 2.24) is 5.32 Å². The second-order valence-electron chi connectivity index (χ2n) is 3.70. The molecule has 0 bridgehead atoms. The largest absolute Gasteiger partial charge is 0.337 e. The molecule has 0 aromatic carbocycles. The standard InChI is InChI=1S/C10H17BrN2O/c1-5-10(6-12,7(2)3)13-9(14)8(4)11/h7-8H,5H2,1-4H3,(H,13,14). The minimum atomic E-state index is -0.737. The predicted octanol–water partition coefficient (Wildman–Crippen LogP) is 2.21. The smallest absolute Gasteiger partial charge is 0.234 e. The summed E-state index contributed by atoms with van der Waals surface area (Å²) in [7, 11) is 0. The average Bonchev–Trinajstić information content (AvgIpc) is 2.13. The Morgan fingerprint density at radius 1 is 1.57 bits per heavy atom. The molecular formula is C10H17BrN2O. The molecule has 0 heterocycles. The summed E-state index contributed by atoms with van der Waals surface area (Å²) in [5.74, 6) is -0.0326. The van der Waals surface area contributed by atoms with Crippen LogP contribution in [0.4, 0.5) is 0 Å². The molecule has 14 heavy (non-hydrogen) atoms. The maximum atomic E-state index is 11.5. The Morgan fingerprint density at radius 3 is 2.29 bits per heavy atom. The van der Waals surface area contributed by atoms with E-state index in [1.165, 1.54) is 0 Å². The molecule has 2 atom stereocenters. The maximum absolute atomic E-state index is 11.5. The Bertz CT molecular complexity index is 245. The molecule has 0 saturated carbocycles. The lowest BCUT2D eigenvalue weighted by Crippen LogP contribution is -2.52. The first kappa shape index (κ1) is 13.4. The number of nitriles is 1. The zero-order valence-corrected chi connectivity index (χ0v) is 10.7. The number of carbonyl (C=O) groups is 1. The third-order valence-electron chi connectivity index (χ3n) is 2.45. The van der Waals surface area contributed by atoms with Crippen molar-refractivity contribution >= 4 is 21.8 Å². The molecule has 4 heteroatoms. The van der Waals surface area contributed by atoms with E-state index in [0.717, 1.165) is 0 Å². The number of rotatable bonds is 4. The fourth-order valence-electron chi connectivity index (χ4n) is 1.20. The molecule has 2 unspecified atom stereocenters. The van der Waals surface area contributed by atoms with Gasteiger partial charge >= 0.3 is 0 Å². The van der Waals surface area contributed by atoms with Gasteiger partial charge in [0.05, 0.1) is 10.9 Å². The monoisotopic (exact) mass is 260 g/mol. The van der Waals surface area contributed by atoms with Crippen molar-refractivity contribution < 1.29 is 4.79 Å². The first-order chi connectivity index (χ1) is 6.39. The van der Waals surface area contributed by atoms with Crippen molar-refractivity contribution in [1.29, 1.82) is 5.26 Å². The van der Waals surface area contributed by atoms with E-state index in [4.69, 9.17) is 5.26 Å². The summed E-state index contributed by atoms with van der Waals surface area (Å²) in [4.78, 5) is 11.2. The van der Waals surface area contributed by atoms with E-state index in [1.807, 2.05) is 20.8 Å². The zero-order valence-electron chi connectivity index (χ0n) is 9.10. The Morgan fingerprint density at radius 2 is 2.07 bits per heavy atom. The SMILES string of the molecule is CCC(C#N)(NC(=O)C(C)Br)C(C)C. The Balaban J connectivity index is 4.71. The molecule has 0 aliphatic carbocycles. The number of nitrogens with zero attached hydrogens (tertiary/aromatic N) is 1. The normalized spacial score (nSPS) is 16.9. The van der Waals surface area contributed by atoms with E-state index < -0.39 is 5.54 Å². The summed E-state index contributed by atoms with van der Waals surface area (Å²) in [6.45, 7) is 7.52. The number of hydrogen-bond acceptors (Lipinski definition) is 2. The van der Waals surface area contributed by atoms with Crippen LogP contribution in [-0.4, -0.2) is 16.3 Å². The van der Waals surface area contributed by atoms with Crippen LogP contribution < -0.4 is 5.32 Å². The molecule has 1 N–H and O–H groups in total. The van der Waals surface area contributed by atoms with Crippen molar-refractivity contribution in [3.8, 4) is 6.07 Å². The Hall–Kier alpha value is -0.560. The van der Waals surface area contributed by atoms with Crippen molar-refractivity contribution in [2.24, 2.45) is 5.92 Å². The van der Waals surface area contributed by atoms with Gasteiger partial charge in [0, 0.05) is 0 Å². The van der Waals surface area contributed by atoms with Crippen LogP contribution in [0.2, 0.25) is 0 Å². The second-order valence-corrected chi connectivity index (χ2v) is 5.07. The molecule has 0 saturated heterocycles. The van der Waals surface area contributed by atoms with Crippen LogP contribution in [0.15, 0.2) is 0 Å². The molecule has 0 aliphatic heterocycles. The van der Waals surface area contributed by atoms with Gasteiger partial charge in [-0.2, -0.15) is 5.26 Å². The molecule has 0 aliphatic rings. The van der Waals surface area contributed by atoms with Crippen LogP contribution in [0.3, 0.4) is 0 Å². The molecule has 0 spiro atoms. The van der Waals surface area contributed by atoms with Crippen molar-refractivity contribution in [2.45, 2.75) is 44.5 Å². The summed E-state index contributed by atoms with van der Waals surface area (Å²) in [6.07, 6.45) is 0.618. The number of alkyl halides is 1. The third kappa shape index (κ3) is 2.98. The molecule has 1 amide bonds. The highest BCUT2D eigenvalue weighted by atomic mass is 79.9. The molecule has 0 aromatic rings. The van der Waals surface area contributed by atoms with Crippen LogP contribution in [0, 0.1) is 17.2 Å². The first-order valence-electron chi connectivity index (χ1n) is 4.77. The molecule has 80 valence electrons. The van der Waals surface area contributed by atoms with Gasteiger partial charge in [-0.1, -0.05) is 36.7 Å². The lowest BCUT2D eigenvalue weighted by molar-refractivity contribution is -0.122. The van der Waals surface area contributed by atoms with Gasteiger partial charge in [-0.25, -0.2) is 0 Å². The summed E-state index contributed by atoms with van der Waals surface area (Å²) < 4.78 is 0. The molecular weight excluding hydrogens is 244 g/mol. The van der Waals surface area contributed by atoms with E-state index in [0.29, 0.717) is 6.42 Å². The fraction of sp³-hybridized carbons (Fsp3) is 0.800. The topological polar surface area (TPSA) is 52.9 Å². The number of amides is 1. The number of carbonyl (C=O) groups excluding carboxylic acids is 1. The van der Waals surface area contributed by atoms with Gasteiger partial charge in [-0.15, -0.1) is 0 Å².